The van der Waals surface area contributed by atoms with Crippen molar-refractivity contribution in [3.63, 3.8) is 0 Å². The summed E-state index contributed by atoms with van der Waals surface area (Å²) in [5.74, 6) is 0. The van der Waals surface area contributed by atoms with E-state index in [1.54, 1.807) is 38.5 Å². The lowest BCUT2D eigenvalue weighted by Crippen LogP contribution is -2.43. The first-order chi connectivity index (χ1) is 47.6. The van der Waals surface area contributed by atoms with E-state index in [1.807, 2.05) is 0 Å². The zero-order valence-electron chi connectivity index (χ0n) is 69.2. The molecule has 0 spiro atoms. The molecule has 0 heteroatoms. The van der Waals surface area contributed by atoms with E-state index in [4.69, 9.17) is 0 Å². The van der Waals surface area contributed by atoms with Crippen molar-refractivity contribution in [2.45, 2.75) is 607 Å². The molecule has 0 N–H and O–H groups in total. The fourth-order valence-corrected chi connectivity index (χ4v) is 17.9. The van der Waals surface area contributed by atoms with Gasteiger partial charge in [-0.3, -0.25) is 0 Å². The van der Waals surface area contributed by atoms with Crippen molar-refractivity contribution in [1.82, 2.24) is 0 Å². The van der Waals surface area contributed by atoms with Gasteiger partial charge in [0.15, 0.2) is 0 Å². The molecule has 0 aromatic rings. The fraction of sp³-hybridized carbons (Fsp3) is 1.00. The average molecular weight is 1350 g/mol. The van der Waals surface area contributed by atoms with Crippen LogP contribution in [0.3, 0.4) is 0 Å². The minimum atomic E-state index is 0.546. The molecular weight excluding hydrogens is 1150 g/mol. The molecule has 0 rings (SSSR count). The predicted molar refractivity (Wildman–Crippen MR) is 445 cm³/mol. The third-order valence-corrected chi connectivity index (χ3v) is 24.7. The van der Waals surface area contributed by atoms with Crippen LogP contribution in [0.2, 0.25) is 0 Å². The number of unbranched alkanes of at least 4 members (excludes halogenated alkanes) is 76. The Morgan fingerprint density at radius 1 is 0.0833 bits per heavy atom. The summed E-state index contributed by atoms with van der Waals surface area (Å²) in [6.45, 7) is 14.2. The van der Waals surface area contributed by atoms with Gasteiger partial charge in [-0.25, -0.2) is 0 Å². The van der Waals surface area contributed by atoms with Crippen LogP contribution in [0.4, 0.5) is 0 Å². The Bertz CT molecular complexity index is 1330. The molecule has 0 aliphatic rings. The largest absolute Gasteiger partial charge is 0.0654 e. The second-order valence-corrected chi connectivity index (χ2v) is 33.9. The molecule has 96 heavy (non-hydrogen) atoms. The second-order valence-electron chi connectivity index (χ2n) is 33.9. The highest BCUT2D eigenvalue weighted by Gasteiger charge is 2.48. The van der Waals surface area contributed by atoms with Gasteiger partial charge < -0.3 is 0 Å². The summed E-state index contributed by atoms with van der Waals surface area (Å²) in [5.41, 5.74) is 1.09. The fourth-order valence-electron chi connectivity index (χ4n) is 17.9. The Hall–Kier alpha value is 0. The van der Waals surface area contributed by atoms with Crippen LogP contribution < -0.4 is 0 Å². The molecule has 0 aliphatic carbocycles. The molecule has 0 aromatic carbocycles. The molecule has 2 unspecified atom stereocenters. The topological polar surface area (TPSA) is 0 Å². The van der Waals surface area contributed by atoms with Crippen molar-refractivity contribution in [1.29, 1.82) is 0 Å². The Morgan fingerprint density at radius 3 is 0.219 bits per heavy atom. The van der Waals surface area contributed by atoms with Crippen molar-refractivity contribution in [2.75, 3.05) is 0 Å². The Kier molecular flexibility index (Phi) is 83.9. The van der Waals surface area contributed by atoms with Gasteiger partial charge in [0.1, 0.15) is 0 Å². The maximum atomic E-state index is 2.39. The van der Waals surface area contributed by atoms with Gasteiger partial charge in [0.2, 0.25) is 0 Å². The van der Waals surface area contributed by atoms with Crippen LogP contribution >= 0.6 is 0 Å². The van der Waals surface area contributed by atoms with Crippen molar-refractivity contribution in [3.05, 3.63) is 0 Å². The highest BCUT2D eigenvalue weighted by atomic mass is 14.5. The maximum Gasteiger partial charge on any atom is -0.0241 e. The molecule has 0 amide bonds. The summed E-state index contributed by atoms with van der Waals surface area (Å²) in [5, 5.41) is 0. The molecule has 578 valence electrons. The smallest absolute Gasteiger partial charge is 0.0241 e. The average Bonchev–Trinajstić information content (AvgIpc) is 0.776. The van der Waals surface area contributed by atoms with Crippen molar-refractivity contribution >= 4 is 0 Å². The Morgan fingerprint density at radius 2 is 0.146 bits per heavy atom. The molecule has 0 heterocycles. The molecular formula is C96H194. The zero-order chi connectivity index (χ0) is 69.2. The van der Waals surface area contributed by atoms with E-state index in [1.165, 1.54) is 527 Å². The van der Waals surface area contributed by atoms with Gasteiger partial charge >= 0.3 is 0 Å². The van der Waals surface area contributed by atoms with E-state index in [-0.39, 0.29) is 0 Å². The number of hydrogen-bond acceptors (Lipinski definition) is 0. The molecule has 0 bridgehead atoms. The van der Waals surface area contributed by atoms with Crippen LogP contribution in [-0.4, -0.2) is 0 Å². The summed E-state index contributed by atoms with van der Waals surface area (Å²) in [4.78, 5) is 0. The van der Waals surface area contributed by atoms with E-state index < -0.39 is 0 Å². The van der Waals surface area contributed by atoms with Gasteiger partial charge in [0.05, 0.1) is 0 Å². The summed E-state index contributed by atoms with van der Waals surface area (Å²) < 4.78 is 0. The standard InChI is InChI=1S/C96H194/c1-7-13-19-25-31-37-42-46-49-51-54-58-63-69-75-81-86-91-95(89-83-77-71-65-36-30-24-18-12-6,90-84-78-72-66-60-41-35-29-23-17-11-5)96(92-85-79-73-67-61-56-45-40-34-28-22-16-10-4,93-87-80-74-68-62-57-53-48-44-39-33-27-21-15-9-3)94-88-82-76-70-64-59-55-52-50-47-43-38-32-26-20-14-8-2/h7-94H2,1-6H3. The lowest BCUT2D eigenvalue weighted by molar-refractivity contribution is -0.0310. The maximum absolute atomic E-state index is 2.39. The third kappa shape index (κ3) is 68.4. The monoisotopic (exact) mass is 1350 g/mol. The molecule has 2 atom stereocenters. The first-order valence-electron chi connectivity index (χ1n) is 47.6. The SMILES string of the molecule is CCCCCCCCCCCCCCCCCCCC(CCCCCCCCCCC)(CCCCCCCCCCCCC)C(CCCCCCCCCCCCCCC)(CCCCCCCCCCCCCCCCC)CCCCCCCCCCCCCCCCCCC. The lowest BCUT2D eigenvalue weighted by Gasteiger charge is -2.53. The summed E-state index contributed by atoms with van der Waals surface area (Å²) in [7, 11) is 0. The molecule has 0 aliphatic heterocycles. The van der Waals surface area contributed by atoms with E-state index in [0.29, 0.717) is 10.8 Å². The Labute approximate surface area is 613 Å². The van der Waals surface area contributed by atoms with Crippen LogP contribution in [0.15, 0.2) is 0 Å². The van der Waals surface area contributed by atoms with Crippen LogP contribution in [0.5, 0.6) is 0 Å². The number of hydrogen-bond donors (Lipinski definition) is 0. The van der Waals surface area contributed by atoms with Gasteiger partial charge in [0.25, 0.3) is 0 Å². The van der Waals surface area contributed by atoms with Gasteiger partial charge in [-0.2, -0.15) is 0 Å². The minimum absolute atomic E-state index is 0.546. The highest BCUT2D eigenvalue weighted by Crippen LogP contribution is 2.59. The number of rotatable bonds is 89. The summed E-state index contributed by atoms with van der Waals surface area (Å²) in [6, 6.07) is 0. The molecule has 0 saturated heterocycles. The van der Waals surface area contributed by atoms with Gasteiger partial charge in [-0.05, 0) is 49.4 Å². The Balaban J connectivity index is 6.73. The molecule has 0 nitrogen and oxygen atoms in total. The summed E-state index contributed by atoms with van der Waals surface area (Å²) >= 11 is 0. The van der Waals surface area contributed by atoms with Gasteiger partial charge in [-0.15, -0.1) is 0 Å². The minimum Gasteiger partial charge on any atom is -0.0654 e. The molecule has 0 aromatic heterocycles. The van der Waals surface area contributed by atoms with E-state index in [0.717, 1.165) is 0 Å². The highest BCUT2D eigenvalue weighted by molar-refractivity contribution is 4.98. The van der Waals surface area contributed by atoms with E-state index in [9.17, 15) is 0 Å². The lowest BCUT2D eigenvalue weighted by atomic mass is 9.51. The zero-order valence-corrected chi connectivity index (χ0v) is 69.2. The normalized spacial score (nSPS) is 13.2. The van der Waals surface area contributed by atoms with E-state index >= 15 is 0 Å². The van der Waals surface area contributed by atoms with Crippen LogP contribution in [-0.2, 0) is 0 Å². The van der Waals surface area contributed by atoms with Gasteiger partial charge in [-0.1, -0.05) is 568 Å². The van der Waals surface area contributed by atoms with Crippen molar-refractivity contribution in [3.8, 4) is 0 Å². The van der Waals surface area contributed by atoms with Crippen molar-refractivity contribution in [2.24, 2.45) is 10.8 Å². The second kappa shape index (κ2) is 83.9. The molecule has 0 fully saturated rings. The van der Waals surface area contributed by atoms with E-state index in [2.05, 4.69) is 41.5 Å². The summed E-state index contributed by atoms with van der Waals surface area (Å²) in [6.07, 6.45) is 131. The molecule has 0 radical (unpaired) electrons. The first-order valence-corrected chi connectivity index (χ1v) is 47.6. The van der Waals surface area contributed by atoms with Crippen LogP contribution in [0, 0.1) is 10.8 Å². The van der Waals surface area contributed by atoms with Crippen LogP contribution in [0.1, 0.15) is 607 Å². The van der Waals surface area contributed by atoms with Crippen LogP contribution in [0.25, 0.3) is 0 Å². The first kappa shape index (κ1) is 96.0. The van der Waals surface area contributed by atoms with Crippen molar-refractivity contribution < 1.29 is 0 Å². The van der Waals surface area contributed by atoms with Gasteiger partial charge in [0, 0.05) is 0 Å². The third-order valence-electron chi connectivity index (χ3n) is 24.7. The predicted octanol–water partition coefficient (Wildman–Crippen LogP) is 37.4. The quantitative estimate of drug-likeness (QED) is 0.0533. The molecule has 0 saturated carbocycles.